The van der Waals surface area contributed by atoms with Gasteiger partial charge in [0.05, 0.1) is 11.1 Å². The Balaban J connectivity index is 2.23. The molecule has 118 valence electrons. The average Bonchev–Trinajstić information content (AvgIpc) is 2.86. The van der Waals surface area contributed by atoms with Crippen molar-refractivity contribution in [2.45, 2.75) is 39.2 Å². The molecular formula is C16H22BrF2NO. The van der Waals surface area contributed by atoms with Gasteiger partial charge in [0, 0.05) is 29.7 Å². The van der Waals surface area contributed by atoms with E-state index in [9.17, 15) is 8.78 Å². The SMILES string of the molecule is CC(C)(C)NCC1(Cc2c(F)ccc(Br)c2F)CCOC1. The minimum Gasteiger partial charge on any atom is -0.381 e. The van der Waals surface area contributed by atoms with Crippen LogP contribution in [0.15, 0.2) is 16.6 Å². The lowest BCUT2D eigenvalue weighted by molar-refractivity contribution is 0.142. The lowest BCUT2D eigenvalue weighted by Gasteiger charge is -2.32. The van der Waals surface area contributed by atoms with Crippen LogP contribution in [0.5, 0.6) is 0 Å². The molecule has 1 fully saturated rings. The lowest BCUT2D eigenvalue weighted by Crippen LogP contribution is -2.45. The Kier molecular flexibility index (Phi) is 5.06. The molecule has 1 aliphatic heterocycles. The Morgan fingerprint density at radius 1 is 1.33 bits per heavy atom. The highest BCUT2D eigenvalue weighted by molar-refractivity contribution is 9.10. The van der Waals surface area contributed by atoms with E-state index in [4.69, 9.17) is 4.74 Å². The summed E-state index contributed by atoms with van der Waals surface area (Å²) in [4.78, 5) is 0. The monoisotopic (exact) mass is 361 g/mol. The summed E-state index contributed by atoms with van der Waals surface area (Å²) in [6.07, 6.45) is 1.15. The molecule has 2 rings (SSSR count). The third-order valence-corrected chi connectivity index (χ3v) is 4.48. The van der Waals surface area contributed by atoms with E-state index in [-0.39, 0.29) is 16.5 Å². The summed E-state index contributed by atoms with van der Waals surface area (Å²) in [5.74, 6) is -0.991. The van der Waals surface area contributed by atoms with E-state index in [1.165, 1.54) is 12.1 Å². The van der Waals surface area contributed by atoms with E-state index in [0.29, 0.717) is 30.7 Å². The minimum absolute atomic E-state index is 0.0377. The van der Waals surface area contributed by atoms with Gasteiger partial charge in [0.1, 0.15) is 11.6 Å². The topological polar surface area (TPSA) is 21.3 Å². The summed E-state index contributed by atoms with van der Waals surface area (Å²) >= 11 is 3.13. The second-order valence-corrected chi connectivity index (χ2v) is 7.76. The molecule has 0 amide bonds. The smallest absolute Gasteiger partial charge is 0.143 e. The summed E-state index contributed by atoms with van der Waals surface area (Å²) in [6.45, 7) is 8.09. The van der Waals surface area contributed by atoms with Crippen molar-refractivity contribution in [1.29, 1.82) is 0 Å². The van der Waals surface area contributed by atoms with Crippen LogP contribution in [0.1, 0.15) is 32.8 Å². The molecule has 1 saturated heterocycles. The third-order valence-electron chi connectivity index (χ3n) is 3.87. The zero-order valence-electron chi connectivity index (χ0n) is 12.7. The quantitative estimate of drug-likeness (QED) is 0.816. The molecule has 0 spiro atoms. The van der Waals surface area contributed by atoms with Gasteiger partial charge in [-0.25, -0.2) is 8.78 Å². The predicted octanol–water partition coefficient (Wildman–Crippen LogP) is 4.06. The van der Waals surface area contributed by atoms with Crippen LogP contribution in [0.4, 0.5) is 8.78 Å². The molecule has 5 heteroatoms. The first-order chi connectivity index (χ1) is 9.72. The number of hydrogen-bond donors (Lipinski definition) is 1. The van der Waals surface area contributed by atoms with Crippen LogP contribution in [0, 0.1) is 17.0 Å². The van der Waals surface area contributed by atoms with Crippen LogP contribution in [-0.4, -0.2) is 25.3 Å². The fraction of sp³-hybridized carbons (Fsp3) is 0.625. The van der Waals surface area contributed by atoms with E-state index in [1.54, 1.807) is 0 Å². The van der Waals surface area contributed by atoms with Gasteiger partial charge in [0.15, 0.2) is 0 Å². The van der Waals surface area contributed by atoms with Gasteiger partial charge < -0.3 is 10.1 Å². The van der Waals surface area contributed by atoms with Crippen LogP contribution in [0.2, 0.25) is 0 Å². The molecule has 2 nitrogen and oxygen atoms in total. The molecule has 0 aromatic heterocycles. The van der Waals surface area contributed by atoms with Gasteiger partial charge in [-0.15, -0.1) is 0 Å². The van der Waals surface area contributed by atoms with Crippen LogP contribution >= 0.6 is 15.9 Å². The highest BCUT2D eigenvalue weighted by Crippen LogP contribution is 2.35. The van der Waals surface area contributed by atoms with Gasteiger partial charge in [0.25, 0.3) is 0 Å². The van der Waals surface area contributed by atoms with E-state index in [1.807, 2.05) is 0 Å². The van der Waals surface area contributed by atoms with Crippen LogP contribution < -0.4 is 5.32 Å². The fourth-order valence-corrected chi connectivity index (χ4v) is 2.92. The number of ether oxygens (including phenoxy) is 1. The summed E-state index contributed by atoms with van der Waals surface area (Å²) in [5.41, 5.74) is -0.148. The van der Waals surface area contributed by atoms with Crippen molar-refractivity contribution < 1.29 is 13.5 Å². The largest absolute Gasteiger partial charge is 0.381 e. The van der Waals surface area contributed by atoms with Gasteiger partial charge in [0.2, 0.25) is 0 Å². The first-order valence-electron chi connectivity index (χ1n) is 7.18. The molecular weight excluding hydrogens is 340 g/mol. The van der Waals surface area contributed by atoms with E-state index >= 15 is 0 Å². The average molecular weight is 362 g/mol. The molecule has 21 heavy (non-hydrogen) atoms. The molecule has 1 N–H and O–H groups in total. The standard InChI is InChI=1S/C16H22BrF2NO/c1-15(2,3)20-9-16(6-7-21-10-16)8-11-13(18)5-4-12(17)14(11)19/h4-5,20H,6-10H2,1-3H3. The Bertz CT molecular complexity index is 508. The molecule has 0 saturated carbocycles. The van der Waals surface area contributed by atoms with Crippen LogP contribution in [0.25, 0.3) is 0 Å². The number of halogens is 3. The van der Waals surface area contributed by atoms with Gasteiger partial charge in [-0.2, -0.15) is 0 Å². The molecule has 1 heterocycles. The lowest BCUT2D eigenvalue weighted by atomic mass is 9.80. The van der Waals surface area contributed by atoms with Crippen molar-refractivity contribution in [3.63, 3.8) is 0 Å². The maximum absolute atomic E-state index is 14.2. The molecule has 1 atom stereocenters. The minimum atomic E-state index is -0.503. The van der Waals surface area contributed by atoms with Crippen molar-refractivity contribution in [3.05, 3.63) is 33.8 Å². The Morgan fingerprint density at radius 3 is 2.62 bits per heavy atom. The van der Waals surface area contributed by atoms with Gasteiger partial charge in [-0.1, -0.05) is 0 Å². The normalized spacial score (nSPS) is 22.8. The van der Waals surface area contributed by atoms with E-state index < -0.39 is 11.6 Å². The number of benzene rings is 1. The highest BCUT2D eigenvalue weighted by Gasteiger charge is 2.37. The van der Waals surface area contributed by atoms with Crippen LogP contribution in [0.3, 0.4) is 0 Å². The van der Waals surface area contributed by atoms with Crippen molar-refractivity contribution in [2.75, 3.05) is 19.8 Å². The number of rotatable bonds is 4. The number of nitrogens with one attached hydrogen (secondary N) is 1. The molecule has 1 aliphatic rings. The predicted molar refractivity (Wildman–Crippen MR) is 83.4 cm³/mol. The molecule has 0 bridgehead atoms. The molecule has 1 aromatic rings. The zero-order chi connectivity index (χ0) is 15.7. The second kappa shape index (κ2) is 6.31. The highest BCUT2D eigenvalue weighted by atomic mass is 79.9. The molecule has 1 aromatic carbocycles. The van der Waals surface area contributed by atoms with Crippen molar-refractivity contribution in [2.24, 2.45) is 5.41 Å². The summed E-state index contributed by atoms with van der Waals surface area (Å²) in [5, 5.41) is 3.44. The molecule has 0 radical (unpaired) electrons. The Morgan fingerprint density at radius 2 is 2.05 bits per heavy atom. The van der Waals surface area contributed by atoms with E-state index in [0.717, 1.165) is 6.42 Å². The fourth-order valence-electron chi connectivity index (χ4n) is 2.55. The summed E-state index contributed by atoms with van der Waals surface area (Å²) in [6, 6.07) is 2.71. The maximum Gasteiger partial charge on any atom is 0.143 e. The van der Waals surface area contributed by atoms with Gasteiger partial charge >= 0.3 is 0 Å². The third kappa shape index (κ3) is 4.24. The second-order valence-electron chi connectivity index (χ2n) is 6.90. The van der Waals surface area contributed by atoms with Gasteiger partial charge in [-0.05, 0) is 61.7 Å². The zero-order valence-corrected chi connectivity index (χ0v) is 14.3. The maximum atomic E-state index is 14.2. The summed E-state index contributed by atoms with van der Waals surface area (Å²) in [7, 11) is 0. The first-order valence-corrected chi connectivity index (χ1v) is 7.97. The summed E-state index contributed by atoms with van der Waals surface area (Å²) < 4.78 is 34.0. The van der Waals surface area contributed by atoms with Crippen LogP contribution in [-0.2, 0) is 11.2 Å². The van der Waals surface area contributed by atoms with Gasteiger partial charge in [-0.3, -0.25) is 0 Å². The van der Waals surface area contributed by atoms with Crippen molar-refractivity contribution >= 4 is 15.9 Å². The Hall–Kier alpha value is -0.520. The van der Waals surface area contributed by atoms with E-state index in [2.05, 4.69) is 42.0 Å². The number of hydrogen-bond acceptors (Lipinski definition) is 2. The van der Waals surface area contributed by atoms with Crippen molar-refractivity contribution in [1.82, 2.24) is 5.32 Å². The first kappa shape index (κ1) is 16.8. The van der Waals surface area contributed by atoms with Crippen molar-refractivity contribution in [3.8, 4) is 0 Å². The molecule has 1 unspecified atom stereocenters. The molecule has 0 aliphatic carbocycles. The Labute approximate surface area is 133 Å².